The van der Waals surface area contributed by atoms with Gasteiger partial charge in [0.1, 0.15) is 0 Å². The van der Waals surface area contributed by atoms with E-state index in [-0.39, 0.29) is 22.1 Å². The van der Waals surface area contributed by atoms with Crippen molar-refractivity contribution in [2.24, 2.45) is 0 Å². The van der Waals surface area contributed by atoms with Crippen LogP contribution in [0.4, 0.5) is 5.69 Å². The molecule has 0 aliphatic heterocycles. The van der Waals surface area contributed by atoms with Gasteiger partial charge in [-0.1, -0.05) is 13.0 Å². The van der Waals surface area contributed by atoms with Crippen LogP contribution in [-0.4, -0.2) is 36.6 Å². The first-order valence-electron chi connectivity index (χ1n) is 8.63. The third kappa shape index (κ3) is 5.88. The van der Waals surface area contributed by atoms with E-state index in [1.807, 2.05) is 6.92 Å². The summed E-state index contributed by atoms with van der Waals surface area (Å²) in [6, 6.07) is 12.8. The van der Waals surface area contributed by atoms with Gasteiger partial charge < -0.3 is 15.4 Å². The SMILES string of the molecule is CCCNC(=O)c1ccc(NC(=S)NC(=O)c2cccc(C(=O)OC)c2)cc1. The maximum absolute atomic E-state index is 12.3. The van der Waals surface area contributed by atoms with Crippen molar-refractivity contribution in [3.05, 3.63) is 65.2 Å². The molecule has 8 heteroatoms. The minimum absolute atomic E-state index is 0.0941. The Bertz CT molecular complexity index is 881. The Kier molecular flexibility index (Phi) is 7.65. The van der Waals surface area contributed by atoms with E-state index in [1.54, 1.807) is 42.5 Å². The smallest absolute Gasteiger partial charge is 0.337 e. The molecule has 0 atom stereocenters. The molecule has 0 heterocycles. The summed E-state index contributed by atoms with van der Waals surface area (Å²) in [5, 5.41) is 8.31. The second-order valence-electron chi connectivity index (χ2n) is 5.81. The summed E-state index contributed by atoms with van der Waals surface area (Å²) in [4.78, 5) is 35.8. The van der Waals surface area contributed by atoms with E-state index >= 15 is 0 Å². The van der Waals surface area contributed by atoms with Crippen LogP contribution in [0.25, 0.3) is 0 Å². The Morgan fingerprint density at radius 2 is 1.64 bits per heavy atom. The second kappa shape index (κ2) is 10.2. The van der Waals surface area contributed by atoms with Crippen molar-refractivity contribution in [1.29, 1.82) is 0 Å². The number of nitrogens with one attached hydrogen (secondary N) is 3. The Morgan fingerprint density at radius 3 is 2.29 bits per heavy atom. The van der Waals surface area contributed by atoms with Gasteiger partial charge in [0.2, 0.25) is 0 Å². The molecular formula is C20H21N3O4S. The number of hydrogen-bond donors (Lipinski definition) is 3. The zero-order chi connectivity index (χ0) is 20.5. The van der Waals surface area contributed by atoms with Crippen LogP contribution in [0.5, 0.6) is 0 Å². The summed E-state index contributed by atoms with van der Waals surface area (Å²) in [6.45, 7) is 2.60. The lowest BCUT2D eigenvalue weighted by molar-refractivity contribution is 0.0600. The number of hydrogen-bond acceptors (Lipinski definition) is 5. The van der Waals surface area contributed by atoms with Crippen LogP contribution in [0.3, 0.4) is 0 Å². The number of rotatable bonds is 6. The molecule has 0 aromatic heterocycles. The Morgan fingerprint density at radius 1 is 0.964 bits per heavy atom. The number of benzene rings is 2. The van der Waals surface area contributed by atoms with Gasteiger partial charge in [-0.25, -0.2) is 4.79 Å². The monoisotopic (exact) mass is 399 g/mol. The van der Waals surface area contributed by atoms with Crippen LogP contribution in [0.2, 0.25) is 0 Å². The summed E-state index contributed by atoms with van der Waals surface area (Å²) in [7, 11) is 1.27. The molecule has 0 bridgehead atoms. The fourth-order valence-electron chi connectivity index (χ4n) is 2.29. The Hall–Kier alpha value is -3.26. The maximum atomic E-state index is 12.3. The highest BCUT2D eigenvalue weighted by molar-refractivity contribution is 7.80. The van der Waals surface area contributed by atoms with Gasteiger partial charge >= 0.3 is 5.97 Å². The predicted molar refractivity (Wildman–Crippen MR) is 111 cm³/mol. The highest BCUT2D eigenvalue weighted by Gasteiger charge is 2.12. The molecule has 2 rings (SSSR count). The quantitative estimate of drug-likeness (QED) is 0.511. The molecule has 0 radical (unpaired) electrons. The Balaban J connectivity index is 1.95. The normalized spacial score (nSPS) is 9.93. The summed E-state index contributed by atoms with van der Waals surface area (Å²) in [6.07, 6.45) is 0.863. The predicted octanol–water partition coefficient (Wildman–Crippen LogP) is 2.74. The first kappa shape index (κ1) is 21.0. The fourth-order valence-corrected chi connectivity index (χ4v) is 2.50. The van der Waals surface area contributed by atoms with Crippen molar-refractivity contribution < 1.29 is 19.1 Å². The Labute approximate surface area is 168 Å². The highest BCUT2D eigenvalue weighted by atomic mass is 32.1. The zero-order valence-electron chi connectivity index (χ0n) is 15.6. The molecule has 0 fully saturated rings. The zero-order valence-corrected chi connectivity index (χ0v) is 16.4. The van der Waals surface area contributed by atoms with Gasteiger partial charge in [0.05, 0.1) is 12.7 Å². The number of carbonyl (C=O) groups excluding carboxylic acids is 3. The van der Waals surface area contributed by atoms with E-state index < -0.39 is 11.9 Å². The van der Waals surface area contributed by atoms with Gasteiger partial charge in [-0.05, 0) is 61.1 Å². The topological polar surface area (TPSA) is 96.5 Å². The van der Waals surface area contributed by atoms with Crippen molar-refractivity contribution in [2.45, 2.75) is 13.3 Å². The molecule has 0 saturated carbocycles. The summed E-state index contributed by atoms with van der Waals surface area (Å²) in [5.41, 5.74) is 1.70. The average Bonchev–Trinajstić information content (AvgIpc) is 2.71. The fraction of sp³-hybridized carbons (Fsp3) is 0.200. The van der Waals surface area contributed by atoms with Crippen LogP contribution in [-0.2, 0) is 4.74 Å². The van der Waals surface area contributed by atoms with Gasteiger partial charge in [-0.2, -0.15) is 0 Å². The van der Waals surface area contributed by atoms with Crippen molar-refractivity contribution in [1.82, 2.24) is 10.6 Å². The first-order chi connectivity index (χ1) is 13.4. The standard InChI is InChI=1S/C20H21N3O4S/c1-3-11-21-17(24)13-7-9-16(10-8-13)22-20(28)23-18(25)14-5-4-6-15(12-14)19(26)27-2/h4-10,12H,3,11H2,1-2H3,(H,21,24)(H2,22,23,25,28). The second-order valence-corrected chi connectivity index (χ2v) is 6.22. The molecule has 7 nitrogen and oxygen atoms in total. The summed E-state index contributed by atoms with van der Waals surface area (Å²) in [5.74, 6) is -1.13. The third-order valence-electron chi connectivity index (χ3n) is 3.71. The van der Waals surface area contributed by atoms with Crippen molar-refractivity contribution in [3.63, 3.8) is 0 Å². The molecule has 0 spiro atoms. The van der Waals surface area contributed by atoms with E-state index in [0.717, 1.165) is 6.42 Å². The molecule has 3 N–H and O–H groups in total. The number of methoxy groups -OCH3 is 1. The maximum Gasteiger partial charge on any atom is 0.337 e. The minimum Gasteiger partial charge on any atom is -0.465 e. The van der Waals surface area contributed by atoms with Crippen LogP contribution in [0.1, 0.15) is 44.4 Å². The van der Waals surface area contributed by atoms with Crippen LogP contribution < -0.4 is 16.0 Å². The summed E-state index contributed by atoms with van der Waals surface area (Å²) >= 11 is 5.15. The number of thiocarbonyl (C=S) groups is 1. The molecule has 2 amide bonds. The molecule has 0 aliphatic carbocycles. The van der Waals surface area contributed by atoms with Gasteiger partial charge in [-0.3, -0.25) is 14.9 Å². The van der Waals surface area contributed by atoms with Crippen molar-refractivity contribution in [3.8, 4) is 0 Å². The summed E-state index contributed by atoms with van der Waals surface area (Å²) < 4.78 is 4.64. The lowest BCUT2D eigenvalue weighted by atomic mass is 10.1. The molecule has 0 saturated heterocycles. The van der Waals surface area contributed by atoms with Crippen molar-refractivity contribution >= 4 is 40.8 Å². The molecule has 2 aromatic rings. The highest BCUT2D eigenvalue weighted by Crippen LogP contribution is 2.10. The van der Waals surface area contributed by atoms with E-state index in [0.29, 0.717) is 17.8 Å². The van der Waals surface area contributed by atoms with Crippen molar-refractivity contribution in [2.75, 3.05) is 19.0 Å². The van der Waals surface area contributed by atoms with Gasteiger partial charge in [0.25, 0.3) is 11.8 Å². The van der Waals surface area contributed by atoms with Crippen LogP contribution in [0.15, 0.2) is 48.5 Å². The van der Waals surface area contributed by atoms with E-state index in [4.69, 9.17) is 12.2 Å². The molecule has 28 heavy (non-hydrogen) atoms. The molecule has 2 aromatic carbocycles. The largest absolute Gasteiger partial charge is 0.465 e. The van der Waals surface area contributed by atoms with E-state index in [1.165, 1.54) is 13.2 Å². The van der Waals surface area contributed by atoms with Crippen LogP contribution in [0, 0.1) is 0 Å². The first-order valence-corrected chi connectivity index (χ1v) is 9.04. The molecule has 0 aliphatic rings. The minimum atomic E-state index is -0.529. The van der Waals surface area contributed by atoms with Gasteiger partial charge in [-0.15, -0.1) is 0 Å². The number of amides is 2. The van der Waals surface area contributed by atoms with E-state index in [9.17, 15) is 14.4 Å². The third-order valence-corrected chi connectivity index (χ3v) is 3.92. The number of esters is 1. The number of ether oxygens (including phenoxy) is 1. The number of anilines is 1. The molecular weight excluding hydrogens is 378 g/mol. The number of carbonyl (C=O) groups is 3. The van der Waals surface area contributed by atoms with Gasteiger partial charge in [0.15, 0.2) is 5.11 Å². The lowest BCUT2D eigenvalue weighted by Gasteiger charge is -2.11. The van der Waals surface area contributed by atoms with E-state index in [2.05, 4.69) is 20.7 Å². The lowest BCUT2D eigenvalue weighted by Crippen LogP contribution is -2.34. The molecule has 0 unspecified atom stereocenters. The average molecular weight is 399 g/mol. The molecule has 146 valence electrons. The van der Waals surface area contributed by atoms with Crippen LogP contribution >= 0.6 is 12.2 Å². The van der Waals surface area contributed by atoms with Gasteiger partial charge in [0, 0.05) is 23.4 Å².